The number of benzene rings is 9. The summed E-state index contributed by atoms with van der Waals surface area (Å²) in [5.41, 5.74) is 14.6. The van der Waals surface area contributed by atoms with Gasteiger partial charge in [-0.25, -0.2) is 4.98 Å². The summed E-state index contributed by atoms with van der Waals surface area (Å²) in [4.78, 5) is 4.99. The van der Waals surface area contributed by atoms with Crippen molar-refractivity contribution in [1.82, 2.24) is 18.7 Å². The number of hydrogen-bond acceptors (Lipinski definition) is 2. The van der Waals surface area contributed by atoms with Gasteiger partial charge in [0.05, 0.1) is 27.8 Å². The van der Waals surface area contributed by atoms with Gasteiger partial charge >= 0.3 is 0 Å². The van der Waals surface area contributed by atoms with Crippen LogP contribution in [0.25, 0.3) is 99.8 Å². The molecule has 0 amide bonds. The minimum absolute atomic E-state index is 0. The van der Waals surface area contributed by atoms with Gasteiger partial charge in [0.25, 0.3) is 6.33 Å². The Labute approximate surface area is 420 Å². The molecule has 0 unspecified atom stereocenters. The summed E-state index contributed by atoms with van der Waals surface area (Å²) in [6.07, 6.45) is 5.71. The molecule has 13 aromatic rings. The topological polar surface area (TPSA) is 40.8 Å². The van der Waals surface area contributed by atoms with Crippen molar-refractivity contribution < 1.29 is 30.4 Å². The Morgan fingerprint density at radius 3 is 1.74 bits per heavy atom. The van der Waals surface area contributed by atoms with Crippen LogP contribution in [0, 0.1) is 18.5 Å². The maximum Gasteiger partial charge on any atom is 0.268 e. The van der Waals surface area contributed by atoms with Crippen LogP contribution in [-0.2, 0) is 21.1 Å². The fourth-order valence-electron chi connectivity index (χ4n) is 10.2. The molecule has 4 aromatic heterocycles. The van der Waals surface area contributed by atoms with E-state index in [1.165, 1.54) is 16.3 Å². The van der Waals surface area contributed by atoms with E-state index in [0.717, 1.165) is 89.0 Å². The predicted molar refractivity (Wildman–Crippen MR) is 279 cm³/mol. The Morgan fingerprint density at radius 2 is 1.09 bits per heavy atom. The van der Waals surface area contributed by atoms with Crippen molar-refractivity contribution >= 4 is 54.6 Å². The predicted octanol–water partition coefficient (Wildman–Crippen LogP) is 15.1. The molecule has 338 valence electrons. The summed E-state index contributed by atoms with van der Waals surface area (Å²) in [6.45, 7) is 4.43. The number of hydrogen-bond donors (Lipinski definition) is 0. The van der Waals surface area contributed by atoms with Gasteiger partial charge in [-0.05, 0) is 80.8 Å². The zero-order chi connectivity index (χ0) is 46.0. The summed E-state index contributed by atoms with van der Waals surface area (Å²) in [7, 11) is 0. The second kappa shape index (κ2) is 17.6. The van der Waals surface area contributed by atoms with Crippen LogP contribution in [0.4, 0.5) is 0 Å². The number of ether oxygens (including phenoxy) is 1. The molecule has 0 aliphatic heterocycles. The maximum atomic E-state index is 7.03. The van der Waals surface area contributed by atoms with E-state index in [-0.39, 0.29) is 21.1 Å². The van der Waals surface area contributed by atoms with Crippen molar-refractivity contribution in [2.24, 2.45) is 0 Å². The smallest absolute Gasteiger partial charge is 0.268 e. The maximum absolute atomic E-state index is 7.03. The van der Waals surface area contributed by atoms with E-state index in [1.807, 2.05) is 18.3 Å². The molecule has 0 fully saturated rings. The first-order chi connectivity index (χ1) is 34.1. The molecule has 6 nitrogen and oxygen atoms in total. The molecule has 0 spiro atoms. The Balaban J connectivity index is 0.00000505. The molecule has 0 N–H and O–H groups in total. The van der Waals surface area contributed by atoms with Crippen LogP contribution in [0.5, 0.6) is 11.5 Å². The second-order valence-electron chi connectivity index (χ2n) is 17.8. The van der Waals surface area contributed by atoms with Crippen molar-refractivity contribution in [3.63, 3.8) is 0 Å². The van der Waals surface area contributed by atoms with Gasteiger partial charge in [-0.3, -0.25) is 4.57 Å². The van der Waals surface area contributed by atoms with Crippen LogP contribution in [0.2, 0.25) is 0 Å². The van der Waals surface area contributed by atoms with Crippen molar-refractivity contribution in [2.75, 3.05) is 0 Å². The Kier molecular flexibility index (Phi) is 10.8. The first-order valence-electron chi connectivity index (χ1n) is 23.4. The molecule has 9 aromatic carbocycles. The molecular formula is C63H43N5OPt-2. The molecule has 0 saturated heterocycles. The zero-order valence-corrected chi connectivity index (χ0v) is 40.6. The third-order valence-corrected chi connectivity index (χ3v) is 13.3. The van der Waals surface area contributed by atoms with Gasteiger partial charge in [0.1, 0.15) is 5.82 Å². The molecule has 0 atom stereocenters. The van der Waals surface area contributed by atoms with Crippen LogP contribution in [0.1, 0.15) is 25.3 Å². The molecule has 70 heavy (non-hydrogen) atoms. The average Bonchev–Trinajstić information content (AvgIpc) is 4.07. The van der Waals surface area contributed by atoms with Crippen LogP contribution >= 0.6 is 0 Å². The van der Waals surface area contributed by atoms with Crippen LogP contribution in [0.15, 0.2) is 219 Å². The molecule has 0 aliphatic rings. The third kappa shape index (κ3) is 7.14. The fraction of sp³-hybridized carbons (Fsp3) is 0.0476. The molecule has 13 rings (SSSR count). The average molecular weight is 1080 g/mol. The van der Waals surface area contributed by atoms with Crippen LogP contribution < -0.4 is 9.30 Å². The van der Waals surface area contributed by atoms with Gasteiger partial charge in [0.2, 0.25) is 0 Å². The quantitative estimate of drug-likeness (QED) is 0.107. The number of fused-ring (bicyclic) bond motifs is 7. The van der Waals surface area contributed by atoms with Gasteiger partial charge < -0.3 is 18.4 Å². The summed E-state index contributed by atoms with van der Waals surface area (Å²) in [6, 6.07) is 81.9. The first-order valence-corrected chi connectivity index (χ1v) is 23.4. The van der Waals surface area contributed by atoms with E-state index in [0.29, 0.717) is 17.4 Å². The molecule has 4 heterocycles. The minimum atomic E-state index is 0. The number of imidazole rings is 1. The van der Waals surface area contributed by atoms with Gasteiger partial charge in [0, 0.05) is 55.1 Å². The molecule has 0 radical (unpaired) electrons. The van der Waals surface area contributed by atoms with E-state index < -0.39 is 0 Å². The van der Waals surface area contributed by atoms with E-state index in [2.05, 4.69) is 251 Å². The number of nitrogens with zero attached hydrogens (tertiary/aromatic N) is 5. The van der Waals surface area contributed by atoms with Gasteiger partial charge in [-0.1, -0.05) is 182 Å². The number of pyridine rings is 1. The van der Waals surface area contributed by atoms with E-state index in [9.17, 15) is 0 Å². The minimum Gasteiger partial charge on any atom is -0.510 e. The van der Waals surface area contributed by atoms with E-state index in [4.69, 9.17) is 9.72 Å². The first kappa shape index (κ1) is 43.0. The van der Waals surface area contributed by atoms with Crippen molar-refractivity contribution in [3.8, 4) is 56.6 Å². The number of aromatic nitrogens is 5. The van der Waals surface area contributed by atoms with Gasteiger partial charge in [-0.15, -0.1) is 24.3 Å². The molecule has 0 bridgehead atoms. The monoisotopic (exact) mass is 1080 g/mol. The van der Waals surface area contributed by atoms with Gasteiger partial charge in [-0.2, -0.15) is 12.1 Å². The van der Waals surface area contributed by atoms with Crippen molar-refractivity contribution in [1.29, 1.82) is 0 Å². The molecule has 0 aliphatic carbocycles. The van der Waals surface area contributed by atoms with Crippen LogP contribution in [0.3, 0.4) is 0 Å². The normalized spacial score (nSPS) is 11.6. The largest absolute Gasteiger partial charge is 0.510 e. The molecular weight excluding hydrogens is 1040 g/mol. The fourth-order valence-corrected chi connectivity index (χ4v) is 10.2. The van der Waals surface area contributed by atoms with Crippen LogP contribution in [-0.4, -0.2) is 18.7 Å². The molecule has 7 heteroatoms. The van der Waals surface area contributed by atoms with Gasteiger partial charge in [0.15, 0.2) is 0 Å². The van der Waals surface area contributed by atoms with Crippen molar-refractivity contribution in [2.45, 2.75) is 19.8 Å². The summed E-state index contributed by atoms with van der Waals surface area (Å²) >= 11 is 0. The Morgan fingerprint density at radius 1 is 0.514 bits per heavy atom. The Hall–Kier alpha value is -8.31. The second-order valence-corrected chi connectivity index (χ2v) is 17.8. The third-order valence-electron chi connectivity index (χ3n) is 13.3. The summed E-state index contributed by atoms with van der Waals surface area (Å²) in [5.74, 6) is 2.26. The SMILES string of the molecule is CC(C)c1ccnc(-n2c3[c-]c(Oc4[c-]c(-n5[c-][n+](-c6c(-c7ccccc7)cccc6-c6ccccc6)c6ccccc65)ccc4)cc(-n4c5ccccc5c5ccccc54)c3c3ccccc32)c1.[Pt]. The van der Waals surface area contributed by atoms with E-state index in [1.54, 1.807) is 0 Å². The summed E-state index contributed by atoms with van der Waals surface area (Å²) < 4.78 is 15.9. The number of rotatable bonds is 9. The zero-order valence-electron chi connectivity index (χ0n) is 38.3. The number of para-hydroxylation sites is 6. The van der Waals surface area contributed by atoms with E-state index >= 15 is 0 Å². The summed E-state index contributed by atoms with van der Waals surface area (Å²) in [5, 5.41) is 4.53. The molecule has 0 saturated carbocycles. The Bertz CT molecular complexity index is 3980. The van der Waals surface area contributed by atoms with Crippen molar-refractivity contribution in [3.05, 3.63) is 243 Å². The standard InChI is InChI=1S/C63H43N5O.Pt/c1-42(2)45-35-36-64-61(37-45)68-56-32-14-11-27-53(56)62-59(67-54-30-12-9-25-51(54)52-26-10-13-31-55(52)67)39-48(40-60(62)68)69-47-24-17-23-46(38-47)65-41-66(58-34-16-15-33-57(58)65)63-49(43-19-5-3-6-20-43)28-18-29-50(63)44-21-7-4-8-22-44;/h3-37,39,42H,1-2H3;/q-2;.